The Hall–Kier alpha value is -0.0800. The first-order valence-corrected chi connectivity index (χ1v) is 5.73. The van der Waals surface area contributed by atoms with Gasteiger partial charge in [0, 0.05) is 0 Å². The molecule has 2 nitrogen and oxygen atoms in total. The Morgan fingerprint density at radius 2 is 0.923 bits per heavy atom. The first-order valence-electron chi connectivity index (χ1n) is 5.73. The van der Waals surface area contributed by atoms with Crippen molar-refractivity contribution in [3.05, 3.63) is 0 Å². The van der Waals surface area contributed by atoms with Crippen LogP contribution >= 0.6 is 0 Å². The summed E-state index contributed by atoms with van der Waals surface area (Å²) in [4.78, 5) is 4.98. The van der Waals surface area contributed by atoms with E-state index in [0.717, 1.165) is 0 Å². The van der Waals surface area contributed by atoms with E-state index in [4.69, 9.17) is 0 Å². The van der Waals surface area contributed by atoms with Gasteiger partial charge in [-0.2, -0.15) is 0 Å². The lowest BCUT2D eigenvalue weighted by Gasteiger charge is -2.21. The molecule has 0 N–H and O–H groups in total. The molecular weight excluding hydrogens is 160 g/mol. The lowest BCUT2D eigenvalue weighted by Crippen LogP contribution is -2.29. The second-order valence-electron chi connectivity index (χ2n) is 3.41. The van der Waals surface area contributed by atoms with Gasteiger partial charge in [0.05, 0.1) is 0 Å². The molecule has 0 amide bonds. The Morgan fingerprint density at radius 1 is 0.615 bits per heavy atom. The van der Waals surface area contributed by atoms with Gasteiger partial charge in [0.15, 0.2) is 0 Å². The van der Waals surface area contributed by atoms with Crippen molar-refractivity contribution in [2.45, 2.75) is 34.1 Å². The SMILES string of the molecule is CCN(CC)CCCN(CC)CC. The molecule has 0 atom stereocenters. The van der Waals surface area contributed by atoms with Crippen molar-refractivity contribution >= 4 is 0 Å². The third kappa shape index (κ3) is 6.05. The fourth-order valence-electron chi connectivity index (χ4n) is 1.60. The summed E-state index contributed by atoms with van der Waals surface area (Å²) < 4.78 is 0. The summed E-state index contributed by atoms with van der Waals surface area (Å²) in [5.74, 6) is 0. The molecule has 0 fully saturated rings. The van der Waals surface area contributed by atoms with Crippen molar-refractivity contribution in [2.24, 2.45) is 0 Å². The maximum atomic E-state index is 2.49. The van der Waals surface area contributed by atoms with Crippen LogP contribution in [0.2, 0.25) is 0 Å². The maximum Gasteiger partial charge on any atom is -0.000678 e. The van der Waals surface area contributed by atoms with Crippen LogP contribution in [0.3, 0.4) is 0 Å². The van der Waals surface area contributed by atoms with Crippen LogP contribution in [0.25, 0.3) is 0 Å². The Morgan fingerprint density at radius 3 is 1.15 bits per heavy atom. The van der Waals surface area contributed by atoms with Gasteiger partial charge in [-0.1, -0.05) is 27.7 Å². The summed E-state index contributed by atoms with van der Waals surface area (Å²) in [6.45, 7) is 16.2. The number of rotatable bonds is 8. The molecule has 0 bridgehead atoms. The molecule has 0 heterocycles. The zero-order valence-electron chi connectivity index (χ0n) is 9.84. The molecule has 0 aromatic heterocycles. The van der Waals surface area contributed by atoms with Gasteiger partial charge in [-0.3, -0.25) is 0 Å². The van der Waals surface area contributed by atoms with E-state index in [0.29, 0.717) is 0 Å². The molecule has 2 heteroatoms. The van der Waals surface area contributed by atoms with Crippen LogP contribution in [0, 0.1) is 0 Å². The summed E-state index contributed by atoms with van der Waals surface area (Å²) in [6.07, 6.45) is 1.31. The van der Waals surface area contributed by atoms with Gasteiger partial charge in [0.25, 0.3) is 0 Å². The number of nitrogens with zero attached hydrogens (tertiary/aromatic N) is 2. The van der Waals surface area contributed by atoms with Crippen LogP contribution in [0.15, 0.2) is 0 Å². The van der Waals surface area contributed by atoms with Crippen LogP contribution in [-0.4, -0.2) is 49.1 Å². The van der Waals surface area contributed by atoms with Crippen molar-refractivity contribution in [3.8, 4) is 0 Å². The van der Waals surface area contributed by atoms with E-state index in [-0.39, 0.29) is 0 Å². The highest BCUT2D eigenvalue weighted by molar-refractivity contribution is 4.57. The molecule has 0 spiro atoms. The van der Waals surface area contributed by atoms with E-state index in [1.54, 1.807) is 0 Å². The quantitative estimate of drug-likeness (QED) is 0.572. The van der Waals surface area contributed by atoms with Gasteiger partial charge in [-0.05, 0) is 45.7 Å². The maximum absolute atomic E-state index is 2.49. The largest absolute Gasteiger partial charge is 0.304 e. The van der Waals surface area contributed by atoms with Crippen LogP contribution in [-0.2, 0) is 0 Å². The minimum Gasteiger partial charge on any atom is -0.304 e. The third-order valence-corrected chi connectivity index (χ3v) is 2.74. The Labute approximate surface area is 83.9 Å². The molecule has 0 aliphatic carbocycles. The van der Waals surface area contributed by atoms with Crippen molar-refractivity contribution in [1.29, 1.82) is 0 Å². The lowest BCUT2D eigenvalue weighted by molar-refractivity contribution is 0.250. The minimum atomic E-state index is 1.19. The molecule has 0 aromatic carbocycles. The van der Waals surface area contributed by atoms with Crippen molar-refractivity contribution in [1.82, 2.24) is 9.80 Å². The molecule has 0 radical (unpaired) electrons. The average Bonchev–Trinajstić information content (AvgIpc) is 2.19. The zero-order valence-corrected chi connectivity index (χ0v) is 9.84. The lowest BCUT2D eigenvalue weighted by atomic mass is 10.3. The monoisotopic (exact) mass is 186 g/mol. The van der Waals surface area contributed by atoms with E-state index in [9.17, 15) is 0 Å². The Bertz CT molecular complexity index is 84.3. The standard InChI is InChI=1S/C11H26N2/c1-5-12(6-2)10-9-11-13(7-3)8-4/h5-11H2,1-4H3. The predicted molar refractivity (Wildman–Crippen MR) is 60.2 cm³/mol. The smallest absolute Gasteiger partial charge is 0.000678 e. The van der Waals surface area contributed by atoms with Crippen molar-refractivity contribution < 1.29 is 0 Å². The molecule has 0 unspecified atom stereocenters. The van der Waals surface area contributed by atoms with Crippen LogP contribution in [0.1, 0.15) is 34.1 Å². The van der Waals surface area contributed by atoms with Gasteiger partial charge in [0.2, 0.25) is 0 Å². The van der Waals surface area contributed by atoms with Gasteiger partial charge in [-0.15, -0.1) is 0 Å². The van der Waals surface area contributed by atoms with Gasteiger partial charge in [-0.25, -0.2) is 0 Å². The summed E-state index contributed by atoms with van der Waals surface area (Å²) >= 11 is 0. The minimum absolute atomic E-state index is 1.19. The highest BCUT2D eigenvalue weighted by Crippen LogP contribution is 1.94. The molecule has 0 rings (SSSR count). The van der Waals surface area contributed by atoms with E-state index in [2.05, 4.69) is 37.5 Å². The first kappa shape index (κ1) is 12.9. The van der Waals surface area contributed by atoms with Gasteiger partial charge < -0.3 is 9.80 Å². The molecule has 13 heavy (non-hydrogen) atoms. The highest BCUT2D eigenvalue weighted by Gasteiger charge is 2.01. The topological polar surface area (TPSA) is 6.48 Å². The van der Waals surface area contributed by atoms with E-state index in [1.165, 1.54) is 45.7 Å². The second-order valence-corrected chi connectivity index (χ2v) is 3.41. The highest BCUT2D eigenvalue weighted by atomic mass is 15.1. The third-order valence-electron chi connectivity index (χ3n) is 2.74. The summed E-state index contributed by atoms with van der Waals surface area (Å²) in [6, 6.07) is 0. The fraction of sp³-hybridized carbons (Fsp3) is 1.00. The zero-order chi connectivity index (χ0) is 10.1. The number of hydrogen-bond acceptors (Lipinski definition) is 2. The molecule has 0 aliphatic heterocycles. The van der Waals surface area contributed by atoms with Crippen molar-refractivity contribution in [2.75, 3.05) is 39.3 Å². The second kappa shape index (κ2) is 8.52. The molecule has 0 saturated heterocycles. The van der Waals surface area contributed by atoms with Crippen LogP contribution in [0.4, 0.5) is 0 Å². The molecular formula is C11H26N2. The van der Waals surface area contributed by atoms with Crippen LogP contribution < -0.4 is 0 Å². The molecule has 0 aliphatic rings. The van der Waals surface area contributed by atoms with Gasteiger partial charge in [0.1, 0.15) is 0 Å². The molecule has 0 saturated carbocycles. The van der Waals surface area contributed by atoms with E-state index >= 15 is 0 Å². The normalized spacial score (nSPS) is 11.5. The van der Waals surface area contributed by atoms with E-state index in [1.807, 2.05) is 0 Å². The Balaban J connectivity index is 3.41. The summed E-state index contributed by atoms with van der Waals surface area (Å²) in [7, 11) is 0. The Kier molecular flexibility index (Phi) is 8.46. The van der Waals surface area contributed by atoms with Crippen molar-refractivity contribution in [3.63, 3.8) is 0 Å². The van der Waals surface area contributed by atoms with Crippen LogP contribution in [0.5, 0.6) is 0 Å². The summed E-state index contributed by atoms with van der Waals surface area (Å²) in [5, 5.41) is 0. The average molecular weight is 186 g/mol. The fourth-order valence-corrected chi connectivity index (χ4v) is 1.60. The molecule has 80 valence electrons. The van der Waals surface area contributed by atoms with Gasteiger partial charge >= 0.3 is 0 Å². The first-order chi connectivity index (χ1) is 6.28. The number of hydrogen-bond donors (Lipinski definition) is 0. The van der Waals surface area contributed by atoms with E-state index < -0.39 is 0 Å². The molecule has 0 aromatic rings. The predicted octanol–water partition coefficient (Wildman–Crippen LogP) is 2.06. The summed E-state index contributed by atoms with van der Waals surface area (Å²) in [5.41, 5.74) is 0.